The van der Waals surface area contributed by atoms with Gasteiger partial charge in [0.1, 0.15) is 11.5 Å². The van der Waals surface area contributed by atoms with E-state index in [1.54, 1.807) is 26.5 Å². The molecule has 0 atom stereocenters. The average Bonchev–Trinajstić information content (AvgIpc) is 3.16. The number of aryl methyl sites for hydroxylation is 2. The molecule has 0 aliphatic carbocycles. The minimum Gasteiger partial charge on any atom is -0.497 e. The lowest BCUT2D eigenvalue weighted by Crippen LogP contribution is -2.18. The third kappa shape index (κ3) is 4.07. The van der Waals surface area contributed by atoms with Gasteiger partial charge in [-0.25, -0.2) is 5.43 Å². The van der Waals surface area contributed by atoms with Crippen LogP contribution in [0.5, 0.6) is 11.5 Å². The fraction of sp³-hybridized carbons (Fsp3) is 0.154. The standard InChI is InChI=1S/C26H25N3O3/c1-17-8-9-18(2)29(17)21-7-5-6-20(14-21)26(30)28-27-16-24-23-15-22(31-3)12-10-19(23)11-13-25(24)32-4/h5-16H,1-4H3,(H,28,30)/b27-16-. The Balaban J connectivity index is 1.61. The topological polar surface area (TPSA) is 64.8 Å². The Morgan fingerprint density at radius 3 is 2.41 bits per heavy atom. The van der Waals surface area contributed by atoms with Gasteiger partial charge in [0.25, 0.3) is 5.91 Å². The number of rotatable bonds is 6. The van der Waals surface area contributed by atoms with E-state index in [1.165, 1.54) is 0 Å². The monoisotopic (exact) mass is 427 g/mol. The lowest BCUT2D eigenvalue weighted by Gasteiger charge is -2.11. The van der Waals surface area contributed by atoms with Gasteiger partial charge < -0.3 is 14.0 Å². The Bertz CT molecular complexity index is 1300. The summed E-state index contributed by atoms with van der Waals surface area (Å²) in [6, 6.07) is 21.2. The zero-order valence-electron chi connectivity index (χ0n) is 18.5. The van der Waals surface area contributed by atoms with Gasteiger partial charge >= 0.3 is 0 Å². The highest BCUT2D eigenvalue weighted by Crippen LogP contribution is 2.29. The van der Waals surface area contributed by atoms with E-state index >= 15 is 0 Å². The lowest BCUT2D eigenvalue weighted by molar-refractivity contribution is 0.0955. The molecule has 0 saturated carbocycles. The molecule has 0 bridgehead atoms. The number of carbonyl (C=O) groups excluding carboxylic acids is 1. The summed E-state index contributed by atoms with van der Waals surface area (Å²) in [6.07, 6.45) is 1.60. The fourth-order valence-electron chi connectivity index (χ4n) is 3.82. The van der Waals surface area contributed by atoms with Crippen molar-refractivity contribution in [1.82, 2.24) is 9.99 Å². The van der Waals surface area contributed by atoms with Crippen molar-refractivity contribution in [3.63, 3.8) is 0 Å². The van der Waals surface area contributed by atoms with Crippen LogP contribution in [0.4, 0.5) is 0 Å². The molecule has 1 N–H and O–H groups in total. The summed E-state index contributed by atoms with van der Waals surface area (Å²) in [7, 11) is 3.23. The number of methoxy groups -OCH3 is 2. The van der Waals surface area contributed by atoms with Gasteiger partial charge in [-0.05, 0) is 73.2 Å². The number of ether oxygens (including phenoxy) is 2. The number of benzene rings is 3. The van der Waals surface area contributed by atoms with Gasteiger partial charge in [0.2, 0.25) is 0 Å². The van der Waals surface area contributed by atoms with Crippen LogP contribution in [0.25, 0.3) is 16.5 Å². The van der Waals surface area contributed by atoms with Gasteiger partial charge in [-0.15, -0.1) is 0 Å². The molecule has 32 heavy (non-hydrogen) atoms. The first-order chi connectivity index (χ1) is 15.5. The predicted octanol–water partition coefficient (Wildman–Crippen LogP) is 5.03. The van der Waals surface area contributed by atoms with Gasteiger partial charge in [-0.1, -0.05) is 18.2 Å². The normalized spacial score (nSPS) is 11.1. The number of nitrogens with zero attached hydrogens (tertiary/aromatic N) is 2. The largest absolute Gasteiger partial charge is 0.497 e. The summed E-state index contributed by atoms with van der Waals surface area (Å²) in [5, 5.41) is 6.14. The van der Waals surface area contributed by atoms with Crippen molar-refractivity contribution < 1.29 is 14.3 Å². The number of hydrazone groups is 1. The number of fused-ring (bicyclic) bond motifs is 1. The summed E-state index contributed by atoms with van der Waals surface area (Å²) >= 11 is 0. The summed E-state index contributed by atoms with van der Waals surface area (Å²) in [5.41, 5.74) is 7.07. The van der Waals surface area contributed by atoms with Crippen molar-refractivity contribution in [3.8, 4) is 17.2 Å². The Kier molecular flexibility index (Phi) is 5.94. The van der Waals surface area contributed by atoms with Crippen LogP contribution in [-0.2, 0) is 0 Å². The Hall–Kier alpha value is -4.06. The van der Waals surface area contributed by atoms with Crippen molar-refractivity contribution in [1.29, 1.82) is 0 Å². The van der Waals surface area contributed by atoms with E-state index in [0.29, 0.717) is 11.3 Å². The first kappa shape index (κ1) is 21.2. The van der Waals surface area contributed by atoms with Crippen LogP contribution in [0.15, 0.2) is 71.8 Å². The van der Waals surface area contributed by atoms with Crippen LogP contribution in [0.1, 0.15) is 27.3 Å². The van der Waals surface area contributed by atoms with Crippen LogP contribution in [-0.4, -0.2) is 30.9 Å². The Morgan fingerprint density at radius 1 is 0.938 bits per heavy atom. The smallest absolute Gasteiger partial charge is 0.271 e. The molecule has 6 heteroatoms. The molecular weight excluding hydrogens is 402 g/mol. The molecule has 1 heterocycles. The molecule has 0 spiro atoms. The van der Waals surface area contributed by atoms with Gasteiger partial charge in [0, 0.05) is 28.2 Å². The lowest BCUT2D eigenvalue weighted by atomic mass is 10.0. The van der Waals surface area contributed by atoms with E-state index in [-0.39, 0.29) is 5.91 Å². The zero-order chi connectivity index (χ0) is 22.7. The molecule has 0 saturated heterocycles. The third-order valence-electron chi connectivity index (χ3n) is 5.45. The maximum Gasteiger partial charge on any atom is 0.271 e. The molecule has 0 aliphatic rings. The molecule has 0 radical (unpaired) electrons. The number of carbonyl (C=O) groups is 1. The number of nitrogens with one attached hydrogen (secondary N) is 1. The molecule has 3 aromatic carbocycles. The second-order valence-corrected chi connectivity index (χ2v) is 7.47. The number of hydrogen-bond acceptors (Lipinski definition) is 4. The van der Waals surface area contributed by atoms with E-state index in [9.17, 15) is 4.79 Å². The quantitative estimate of drug-likeness (QED) is 0.347. The number of aromatic nitrogens is 1. The van der Waals surface area contributed by atoms with E-state index in [0.717, 1.165) is 39.2 Å². The first-order valence-electron chi connectivity index (χ1n) is 10.3. The van der Waals surface area contributed by atoms with Crippen LogP contribution in [0.2, 0.25) is 0 Å². The molecule has 4 rings (SSSR count). The molecule has 4 aromatic rings. The minimum absolute atomic E-state index is 0.289. The summed E-state index contributed by atoms with van der Waals surface area (Å²) < 4.78 is 13.0. The minimum atomic E-state index is -0.289. The van der Waals surface area contributed by atoms with Crippen molar-refractivity contribution in [2.45, 2.75) is 13.8 Å². The second-order valence-electron chi connectivity index (χ2n) is 7.47. The van der Waals surface area contributed by atoms with Crippen molar-refractivity contribution in [2.75, 3.05) is 14.2 Å². The van der Waals surface area contributed by atoms with Gasteiger partial charge in [0.15, 0.2) is 0 Å². The van der Waals surface area contributed by atoms with E-state index < -0.39 is 0 Å². The number of hydrogen-bond donors (Lipinski definition) is 1. The first-order valence-corrected chi connectivity index (χ1v) is 10.3. The zero-order valence-corrected chi connectivity index (χ0v) is 18.5. The molecule has 1 amide bonds. The summed E-state index contributed by atoms with van der Waals surface area (Å²) in [4.78, 5) is 12.8. The van der Waals surface area contributed by atoms with E-state index in [4.69, 9.17) is 9.47 Å². The molecule has 1 aromatic heterocycles. The maximum absolute atomic E-state index is 12.8. The summed E-state index contributed by atoms with van der Waals surface area (Å²) in [5.74, 6) is 1.10. The molecule has 162 valence electrons. The average molecular weight is 428 g/mol. The van der Waals surface area contributed by atoms with Gasteiger partial charge in [-0.2, -0.15) is 5.10 Å². The maximum atomic E-state index is 12.8. The molecule has 0 fully saturated rings. The van der Waals surface area contributed by atoms with Gasteiger partial charge in [-0.3, -0.25) is 4.79 Å². The van der Waals surface area contributed by atoms with E-state index in [2.05, 4.69) is 27.2 Å². The van der Waals surface area contributed by atoms with Crippen molar-refractivity contribution in [2.24, 2.45) is 5.10 Å². The van der Waals surface area contributed by atoms with Gasteiger partial charge in [0.05, 0.1) is 20.4 Å². The fourth-order valence-corrected chi connectivity index (χ4v) is 3.82. The van der Waals surface area contributed by atoms with Crippen molar-refractivity contribution >= 4 is 22.9 Å². The highest BCUT2D eigenvalue weighted by atomic mass is 16.5. The second kappa shape index (κ2) is 8.98. The predicted molar refractivity (Wildman–Crippen MR) is 127 cm³/mol. The molecular formula is C26H25N3O3. The summed E-state index contributed by atoms with van der Waals surface area (Å²) in [6.45, 7) is 4.08. The van der Waals surface area contributed by atoms with Crippen LogP contribution < -0.4 is 14.9 Å². The van der Waals surface area contributed by atoms with Crippen LogP contribution >= 0.6 is 0 Å². The SMILES string of the molecule is COc1ccc2ccc(OC)c(/C=N\NC(=O)c3cccc(-n4c(C)ccc4C)c3)c2c1. The van der Waals surface area contributed by atoms with Crippen molar-refractivity contribution in [3.05, 3.63) is 89.2 Å². The highest BCUT2D eigenvalue weighted by Gasteiger charge is 2.10. The molecule has 0 unspecified atom stereocenters. The van der Waals surface area contributed by atoms with E-state index in [1.807, 2.05) is 62.4 Å². The molecule has 6 nitrogen and oxygen atoms in total. The third-order valence-corrected chi connectivity index (χ3v) is 5.45. The number of amides is 1. The van der Waals surface area contributed by atoms with Crippen LogP contribution in [0.3, 0.4) is 0 Å². The van der Waals surface area contributed by atoms with Crippen LogP contribution in [0, 0.1) is 13.8 Å². The Morgan fingerprint density at radius 2 is 1.69 bits per heavy atom. The molecule has 0 aliphatic heterocycles. The highest BCUT2D eigenvalue weighted by molar-refractivity contribution is 6.03. The Labute approximate surface area is 187 Å².